The normalized spacial score (nSPS) is 12.2. The van der Waals surface area contributed by atoms with E-state index < -0.39 is 0 Å². The number of nitrogens with zero attached hydrogens (tertiary/aromatic N) is 6. The Morgan fingerprint density at radius 2 is 0.485 bits per heavy atom. The van der Waals surface area contributed by atoms with Crippen LogP contribution in [0.4, 0.5) is 0 Å². The van der Waals surface area contributed by atoms with Gasteiger partial charge in [0, 0.05) is 87.4 Å². The number of rotatable bonds is 9. The molecule has 0 unspecified atom stereocenters. The summed E-state index contributed by atoms with van der Waals surface area (Å²) in [5.74, 6) is 0. The maximum absolute atomic E-state index is 2.54. The van der Waals surface area contributed by atoms with E-state index in [1.807, 2.05) is 0 Å². The maximum atomic E-state index is 2.54. The summed E-state index contributed by atoms with van der Waals surface area (Å²) in [6, 6.07) is 122. The third-order valence-corrected chi connectivity index (χ3v) is 21.4. The Morgan fingerprint density at radius 1 is 0.192 bits per heavy atom. The molecule has 15 aromatic carbocycles. The summed E-state index contributed by atoms with van der Waals surface area (Å²) in [7, 11) is 0. The van der Waals surface area contributed by atoms with Gasteiger partial charge in [0.25, 0.3) is 0 Å². The fourth-order valence-electron chi connectivity index (χ4n) is 17.2. The van der Waals surface area contributed by atoms with Gasteiger partial charge in [0.2, 0.25) is 0 Å². The van der Waals surface area contributed by atoms with Gasteiger partial charge >= 0.3 is 0 Å². The monoisotopic (exact) mass is 1260 g/mol. The van der Waals surface area contributed by atoms with Gasteiger partial charge in [-0.15, -0.1) is 0 Å². The largest absolute Gasteiger partial charge is 0.309 e. The van der Waals surface area contributed by atoms with Crippen LogP contribution in [0.1, 0.15) is 22.3 Å². The fourth-order valence-corrected chi connectivity index (χ4v) is 17.2. The molecule has 0 N–H and O–H groups in total. The summed E-state index contributed by atoms with van der Waals surface area (Å²) in [5.41, 5.74) is 28.4. The lowest BCUT2D eigenvalue weighted by molar-refractivity contribution is 1.06. The van der Waals surface area contributed by atoms with Crippen LogP contribution in [-0.4, -0.2) is 27.4 Å². The summed E-state index contributed by atoms with van der Waals surface area (Å²) in [4.78, 5) is 0. The second-order valence-electron chi connectivity index (χ2n) is 27.0. The van der Waals surface area contributed by atoms with Gasteiger partial charge in [0.05, 0.1) is 77.6 Å². The van der Waals surface area contributed by atoms with Crippen molar-refractivity contribution in [3.05, 3.63) is 350 Å². The molecule has 0 aliphatic heterocycles. The van der Waals surface area contributed by atoms with Crippen molar-refractivity contribution in [3.8, 4) is 45.3 Å². The highest BCUT2D eigenvalue weighted by Gasteiger charge is 2.24. The van der Waals surface area contributed by atoms with Crippen molar-refractivity contribution < 1.29 is 0 Å². The highest BCUT2D eigenvalue weighted by molar-refractivity contribution is 6.16. The van der Waals surface area contributed by atoms with Gasteiger partial charge in [-0.2, -0.15) is 0 Å². The third-order valence-electron chi connectivity index (χ3n) is 21.4. The molecular weight excluding hydrogens is 1200 g/mol. The van der Waals surface area contributed by atoms with Crippen LogP contribution in [0.5, 0.6) is 0 Å². The second-order valence-corrected chi connectivity index (χ2v) is 27.0. The van der Waals surface area contributed by atoms with E-state index in [1.54, 1.807) is 0 Å². The maximum Gasteiger partial charge on any atom is 0.0542 e. The summed E-state index contributed by atoms with van der Waals surface area (Å²) < 4.78 is 14.8. The number of hydrogen-bond acceptors (Lipinski definition) is 0. The molecule has 21 rings (SSSR count). The van der Waals surface area contributed by atoms with Crippen LogP contribution in [0.2, 0.25) is 0 Å². The Morgan fingerprint density at radius 3 is 0.869 bits per heavy atom. The predicted octanol–water partition coefficient (Wildman–Crippen LogP) is 24.1. The molecule has 0 bridgehead atoms. The van der Waals surface area contributed by atoms with Crippen molar-refractivity contribution in [1.82, 2.24) is 27.4 Å². The molecule has 0 spiro atoms. The van der Waals surface area contributed by atoms with Gasteiger partial charge in [0.15, 0.2) is 0 Å². The first-order valence-corrected chi connectivity index (χ1v) is 34.4. The van der Waals surface area contributed by atoms with Crippen molar-refractivity contribution in [2.24, 2.45) is 0 Å². The quantitative estimate of drug-likeness (QED) is 0.138. The third kappa shape index (κ3) is 8.24. The van der Waals surface area contributed by atoms with Gasteiger partial charge in [-0.25, -0.2) is 0 Å². The average Bonchev–Trinajstić information content (AvgIpc) is 1.59. The standard InChI is InChI=1S/C93H62N6/c1-58-48-66(96-82-35-14-5-26-70(82)71-27-6-15-36-83(71)96)56-67(49-58)97-85-38-17-9-30-74(85)77-54-62(42-45-89(77)97)63-43-46-91-78(55-63)75-31-11-20-41-88(75)99(91)93-53-61(52-92(59(93)2)98-86-39-18-7-28-72(86)73-29-8-19-40-87(73)98)50-60-22-21-23-64(51-60)94-84-37-16-10-32-76(84)79-57-65(44-47-90(79)94)95-80-33-12-3-24-68(80)69-25-4-13-34-81(69)95/h3-49,51-57H,50H2,1-2H3. The summed E-state index contributed by atoms with van der Waals surface area (Å²) in [6.07, 6.45) is 0.715. The lowest BCUT2D eigenvalue weighted by Crippen LogP contribution is -2.06. The number of fused-ring (bicyclic) bond motifs is 18. The molecule has 0 atom stereocenters. The second kappa shape index (κ2) is 21.3. The summed E-state index contributed by atoms with van der Waals surface area (Å²) in [5, 5.41) is 14.9. The number of aromatic nitrogens is 6. The molecule has 6 heteroatoms. The van der Waals surface area contributed by atoms with Crippen molar-refractivity contribution in [3.63, 3.8) is 0 Å². The Hall–Kier alpha value is -12.9. The smallest absolute Gasteiger partial charge is 0.0542 e. The average molecular weight is 1260 g/mol. The molecule has 6 heterocycles. The zero-order valence-corrected chi connectivity index (χ0v) is 54.6. The summed E-state index contributed by atoms with van der Waals surface area (Å²) >= 11 is 0. The van der Waals surface area contributed by atoms with Gasteiger partial charge in [0.1, 0.15) is 0 Å². The minimum atomic E-state index is 0.715. The molecule has 0 saturated heterocycles. The van der Waals surface area contributed by atoms with Gasteiger partial charge in [-0.1, -0.05) is 188 Å². The number of benzene rings is 15. The van der Waals surface area contributed by atoms with Crippen molar-refractivity contribution in [2.45, 2.75) is 20.3 Å². The molecule has 0 radical (unpaired) electrons. The van der Waals surface area contributed by atoms with Gasteiger partial charge < -0.3 is 27.4 Å². The van der Waals surface area contributed by atoms with E-state index in [-0.39, 0.29) is 0 Å². The first-order chi connectivity index (χ1) is 48.9. The molecule has 6 nitrogen and oxygen atoms in total. The van der Waals surface area contributed by atoms with E-state index >= 15 is 0 Å². The molecule has 99 heavy (non-hydrogen) atoms. The van der Waals surface area contributed by atoms with Crippen molar-refractivity contribution in [2.75, 3.05) is 0 Å². The Bertz CT molecular complexity index is 6830. The number of para-hydroxylation sites is 9. The van der Waals surface area contributed by atoms with Crippen molar-refractivity contribution in [1.29, 1.82) is 0 Å². The highest BCUT2D eigenvalue weighted by Crippen LogP contribution is 2.44. The minimum Gasteiger partial charge on any atom is -0.309 e. The van der Waals surface area contributed by atoms with E-state index in [4.69, 9.17) is 0 Å². The first-order valence-electron chi connectivity index (χ1n) is 34.4. The molecular formula is C93H62N6. The van der Waals surface area contributed by atoms with Crippen LogP contribution < -0.4 is 0 Å². The molecule has 0 fully saturated rings. The summed E-state index contributed by atoms with van der Waals surface area (Å²) in [6.45, 7) is 4.55. The van der Waals surface area contributed by atoms with Crippen LogP contribution >= 0.6 is 0 Å². The van der Waals surface area contributed by atoms with E-state index in [0.29, 0.717) is 6.42 Å². The zero-order valence-electron chi connectivity index (χ0n) is 54.6. The fraction of sp³-hybridized carbons (Fsp3) is 0.0323. The predicted molar refractivity (Wildman–Crippen MR) is 417 cm³/mol. The molecule has 464 valence electrons. The highest BCUT2D eigenvalue weighted by atomic mass is 15.0. The SMILES string of the molecule is Cc1cc(-n2c3ccccc3c3ccccc32)cc(-n2c3ccccc3c3cc(-c4ccc5c(c4)c4ccccc4n5-c4cc(Cc5cccc(-n6c7ccccc7c7cc(-n8c9ccccc9c9ccccc98)ccc76)c5)cc(-n5c6ccccc6c6ccccc65)c4C)ccc32)c1. The Kier molecular flexibility index (Phi) is 11.9. The molecule has 0 aliphatic carbocycles. The van der Waals surface area contributed by atoms with E-state index in [9.17, 15) is 0 Å². The molecule has 6 aromatic heterocycles. The lowest BCUT2D eigenvalue weighted by atomic mass is 9.99. The lowest BCUT2D eigenvalue weighted by Gasteiger charge is -2.20. The molecule has 0 saturated carbocycles. The van der Waals surface area contributed by atoms with Crippen LogP contribution in [-0.2, 0) is 6.42 Å². The Labute approximate surface area is 570 Å². The Balaban J connectivity index is 0.703. The topological polar surface area (TPSA) is 29.6 Å². The molecule has 0 amide bonds. The van der Waals surface area contributed by atoms with Gasteiger partial charge in [-0.05, 0) is 193 Å². The number of aryl methyl sites for hydroxylation is 1. The minimum absolute atomic E-state index is 0.715. The first kappa shape index (κ1) is 55.4. The van der Waals surface area contributed by atoms with Crippen molar-refractivity contribution >= 4 is 131 Å². The van der Waals surface area contributed by atoms with Crippen LogP contribution in [0.3, 0.4) is 0 Å². The van der Waals surface area contributed by atoms with Crippen LogP contribution in [0, 0.1) is 13.8 Å². The molecule has 0 aliphatic rings. The molecule has 21 aromatic rings. The van der Waals surface area contributed by atoms with E-state index in [1.165, 1.54) is 170 Å². The zero-order chi connectivity index (χ0) is 65.1. The van der Waals surface area contributed by atoms with Gasteiger partial charge in [-0.3, -0.25) is 0 Å². The number of hydrogen-bond donors (Lipinski definition) is 0. The van der Waals surface area contributed by atoms with E-state index in [2.05, 4.69) is 369 Å². The van der Waals surface area contributed by atoms with E-state index in [0.717, 1.165) is 28.4 Å². The van der Waals surface area contributed by atoms with Crippen LogP contribution in [0.15, 0.2) is 328 Å². The van der Waals surface area contributed by atoms with Crippen LogP contribution in [0.25, 0.3) is 176 Å².